The Morgan fingerprint density at radius 2 is 2.15 bits per heavy atom. The van der Waals surface area contributed by atoms with E-state index in [4.69, 9.17) is 4.74 Å². The van der Waals surface area contributed by atoms with Gasteiger partial charge in [-0.1, -0.05) is 0 Å². The number of hydrogen-bond donors (Lipinski definition) is 1. The highest BCUT2D eigenvalue weighted by Crippen LogP contribution is 2.26. The summed E-state index contributed by atoms with van der Waals surface area (Å²) in [6.45, 7) is -0.634. The SMILES string of the molecule is CNc1cc(CF)cc(OC)c1F. The summed E-state index contributed by atoms with van der Waals surface area (Å²) in [4.78, 5) is 0. The zero-order chi connectivity index (χ0) is 9.84. The first-order valence-electron chi connectivity index (χ1n) is 3.83. The topological polar surface area (TPSA) is 21.3 Å². The molecule has 0 saturated heterocycles. The number of anilines is 1. The molecule has 1 aromatic carbocycles. The lowest BCUT2D eigenvalue weighted by molar-refractivity contribution is 0.385. The van der Waals surface area contributed by atoms with Gasteiger partial charge in [0.15, 0.2) is 11.6 Å². The van der Waals surface area contributed by atoms with E-state index in [9.17, 15) is 8.78 Å². The van der Waals surface area contributed by atoms with Crippen LogP contribution in [-0.2, 0) is 6.67 Å². The number of benzene rings is 1. The van der Waals surface area contributed by atoms with Crippen molar-refractivity contribution < 1.29 is 13.5 Å². The van der Waals surface area contributed by atoms with E-state index in [1.807, 2.05) is 0 Å². The van der Waals surface area contributed by atoms with Crippen LogP contribution in [-0.4, -0.2) is 14.2 Å². The normalized spacial score (nSPS) is 9.85. The molecule has 2 nitrogen and oxygen atoms in total. The van der Waals surface area contributed by atoms with E-state index in [0.29, 0.717) is 5.56 Å². The van der Waals surface area contributed by atoms with Crippen molar-refractivity contribution in [2.24, 2.45) is 0 Å². The van der Waals surface area contributed by atoms with E-state index in [1.54, 1.807) is 7.05 Å². The van der Waals surface area contributed by atoms with Crippen LogP contribution in [0.2, 0.25) is 0 Å². The molecule has 1 N–H and O–H groups in total. The van der Waals surface area contributed by atoms with Crippen LogP contribution in [0.5, 0.6) is 5.75 Å². The molecule has 0 amide bonds. The van der Waals surface area contributed by atoms with Crippen molar-refractivity contribution in [1.29, 1.82) is 0 Å². The summed E-state index contributed by atoms with van der Waals surface area (Å²) < 4.78 is 30.3. The van der Waals surface area contributed by atoms with Gasteiger partial charge in [0.1, 0.15) is 6.67 Å². The molecule has 72 valence electrons. The minimum atomic E-state index is -0.634. The maximum atomic E-state index is 13.3. The van der Waals surface area contributed by atoms with Crippen molar-refractivity contribution in [2.45, 2.75) is 6.67 Å². The molecule has 0 aliphatic heterocycles. The molecule has 1 aromatic rings. The smallest absolute Gasteiger partial charge is 0.188 e. The number of alkyl halides is 1. The fourth-order valence-corrected chi connectivity index (χ4v) is 1.06. The Bertz CT molecular complexity index is 277. The van der Waals surface area contributed by atoms with Gasteiger partial charge in [-0.15, -0.1) is 0 Å². The maximum Gasteiger partial charge on any atom is 0.188 e. The average molecular weight is 187 g/mol. The van der Waals surface area contributed by atoms with Gasteiger partial charge in [-0.05, 0) is 17.7 Å². The van der Waals surface area contributed by atoms with Crippen LogP contribution < -0.4 is 10.1 Å². The van der Waals surface area contributed by atoms with Gasteiger partial charge < -0.3 is 10.1 Å². The Morgan fingerprint density at radius 3 is 2.62 bits per heavy atom. The number of hydrogen-bond acceptors (Lipinski definition) is 2. The molecule has 13 heavy (non-hydrogen) atoms. The van der Waals surface area contributed by atoms with Gasteiger partial charge in [0.05, 0.1) is 12.8 Å². The Morgan fingerprint density at radius 1 is 1.46 bits per heavy atom. The second kappa shape index (κ2) is 4.07. The summed E-state index contributed by atoms with van der Waals surface area (Å²) in [6, 6.07) is 2.76. The van der Waals surface area contributed by atoms with Crippen molar-refractivity contribution in [3.8, 4) is 5.75 Å². The second-order valence-corrected chi connectivity index (χ2v) is 2.54. The molecule has 0 bridgehead atoms. The minimum Gasteiger partial charge on any atom is -0.494 e. The second-order valence-electron chi connectivity index (χ2n) is 2.54. The van der Waals surface area contributed by atoms with Crippen LogP contribution >= 0.6 is 0 Å². The zero-order valence-corrected chi connectivity index (χ0v) is 7.53. The van der Waals surface area contributed by atoms with Gasteiger partial charge in [0.25, 0.3) is 0 Å². The number of halogens is 2. The summed E-state index contributed by atoms with van der Waals surface area (Å²) in [7, 11) is 2.92. The van der Waals surface area contributed by atoms with Gasteiger partial charge in [0, 0.05) is 7.05 Å². The third kappa shape index (κ3) is 1.88. The van der Waals surface area contributed by atoms with E-state index >= 15 is 0 Å². The first-order chi connectivity index (χ1) is 6.22. The molecule has 0 aromatic heterocycles. The van der Waals surface area contributed by atoms with Crippen molar-refractivity contribution in [3.63, 3.8) is 0 Å². The molecule has 0 unspecified atom stereocenters. The molecule has 0 heterocycles. The van der Waals surface area contributed by atoms with E-state index in [-0.39, 0.29) is 11.4 Å². The number of nitrogens with one attached hydrogen (secondary N) is 1. The Hall–Kier alpha value is -1.32. The quantitative estimate of drug-likeness (QED) is 0.784. The van der Waals surface area contributed by atoms with E-state index in [1.165, 1.54) is 19.2 Å². The van der Waals surface area contributed by atoms with Crippen LogP contribution in [0.25, 0.3) is 0 Å². The largest absolute Gasteiger partial charge is 0.494 e. The third-order valence-electron chi connectivity index (χ3n) is 1.74. The lowest BCUT2D eigenvalue weighted by Gasteiger charge is -2.08. The van der Waals surface area contributed by atoms with Crippen molar-refractivity contribution in [3.05, 3.63) is 23.5 Å². The first kappa shape index (κ1) is 9.77. The standard InChI is InChI=1S/C9H11F2NO/c1-12-7-3-6(5-10)4-8(13-2)9(7)11/h3-4,12H,5H2,1-2H3. The summed E-state index contributed by atoms with van der Waals surface area (Å²) in [5.41, 5.74) is 0.634. The first-order valence-corrected chi connectivity index (χ1v) is 3.83. The molecule has 4 heteroatoms. The molecule has 0 aliphatic rings. The lowest BCUT2D eigenvalue weighted by Crippen LogP contribution is -1.97. The lowest BCUT2D eigenvalue weighted by atomic mass is 10.2. The van der Waals surface area contributed by atoms with Crippen LogP contribution in [0, 0.1) is 5.82 Å². The van der Waals surface area contributed by atoms with E-state index < -0.39 is 12.5 Å². The van der Waals surface area contributed by atoms with Gasteiger partial charge in [0.2, 0.25) is 0 Å². The number of methoxy groups -OCH3 is 1. The zero-order valence-electron chi connectivity index (χ0n) is 7.53. The molecule has 0 saturated carbocycles. The van der Waals surface area contributed by atoms with Crippen molar-refractivity contribution >= 4 is 5.69 Å². The fourth-order valence-electron chi connectivity index (χ4n) is 1.06. The van der Waals surface area contributed by atoms with Crippen LogP contribution in [0.1, 0.15) is 5.56 Å². The molecule has 0 aliphatic carbocycles. The van der Waals surface area contributed by atoms with Gasteiger partial charge in [-0.3, -0.25) is 0 Å². The van der Waals surface area contributed by atoms with E-state index in [0.717, 1.165) is 0 Å². The van der Waals surface area contributed by atoms with E-state index in [2.05, 4.69) is 5.32 Å². The highest BCUT2D eigenvalue weighted by Gasteiger charge is 2.09. The molecule has 0 radical (unpaired) electrons. The number of rotatable bonds is 3. The predicted molar refractivity (Wildman–Crippen MR) is 47.3 cm³/mol. The van der Waals surface area contributed by atoms with Gasteiger partial charge in [-0.25, -0.2) is 8.78 Å². The molecule has 0 fully saturated rings. The summed E-state index contributed by atoms with van der Waals surface area (Å²) in [5.74, 6) is -0.443. The molecule has 1 rings (SSSR count). The Kier molecular flexibility index (Phi) is 3.06. The van der Waals surface area contributed by atoms with Crippen LogP contribution in [0.3, 0.4) is 0 Å². The highest BCUT2D eigenvalue weighted by atomic mass is 19.1. The maximum absolute atomic E-state index is 13.3. The third-order valence-corrected chi connectivity index (χ3v) is 1.74. The van der Waals surface area contributed by atoms with Gasteiger partial charge in [-0.2, -0.15) is 0 Å². The Labute approximate surface area is 75.5 Å². The monoisotopic (exact) mass is 187 g/mol. The summed E-state index contributed by atoms with van der Waals surface area (Å²) in [6.07, 6.45) is 0. The summed E-state index contributed by atoms with van der Waals surface area (Å²) >= 11 is 0. The molecule has 0 atom stereocenters. The summed E-state index contributed by atoms with van der Waals surface area (Å²) in [5, 5.41) is 2.62. The van der Waals surface area contributed by atoms with Crippen molar-refractivity contribution in [1.82, 2.24) is 0 Å². The van der Waals surface area contributed by atoms with Crippen LogP contribution in [0.4, 0.5) is 14.5 Å². The Balaban J connectivity index is 3.20. The molecule has 0 spiro atoms. The van der Waals surface area contributed by atoms with Crippen LogP contribution in [0.15, 0.2) is 12.1 Å². The average Bonchev–Trinajstić information content (AvgIpc) is 2.18. The molecular formula is C9H11F2NO. The molecular weight excluding hydrogens is 176 g/mol. The van der Waals surface area contributed by atoms with Gasteiger partial charge >= 0.3 is 0 Å². The fraction of sp³-hybridized carbons (Fsp3) is 0.333. The predicted octanol–water partition coefficient (Wildman–Crippen LogP) is 2.35. The van der Waals surface area contributed by atoms with Crippen molar-refractivity contribution in [2.75, 3.05) is 19.5 Å². The minimum absolute atomic E-state index is 0.0551. The highest BCUT2D eigenvalue weighted by molar-refractivity contribution is 5.52. The number of ether oxygens (including phenoxy) is 1.